The maximum atomic E-state index is 5.66. The van der Waals surface area contributed by atoms with Crippen LogP contribution in [0, 0.1) is 0 Å². The van der Waals surface area contributed by atoms with Gasteiger partial charge in [-0.2, -0.15) is 4.98 Å². The summed E-state index contributed by atoms with van der Waals surface area (Å²) in [5.74, 6) is 1.08. The van der Waals surface area contributed by atoms with Crippen molar-refractivity contribution in [2.45, 2.75) is 25.4 Å². The molecule has 70 valence electrons. The molecular formula is C8H13N5. The molecule has 0 unspecified atom stereocenters. The van der Waals surface area contributed by atoms with E-state index in [1.807, 2.05) is 0 Å². The molecule has 0 saturated heterocycles. The average Bonchev–Trinajstić information content (AvgIpc) is 2.89. The van der Waals surface area contributed by atoms with Crippen LogP contribution in [0.15, 0.2) is 6.20 Å². The number of nitrogens with two attached hydrogens (primary N) is 2. The molecule has 1 heterocycles. The summed E-state index contributed by atoms with van der Waals surface area (Å²) < 4.78 is 0. The fraction of sp³-hybridized carbons (Fsp3) is 0.500. The van der Waals surface area contributed by atoms with Crippen molar-refractivity contribution in [1.82, 2.24) is 9.97 Å². The minimum atomic E-state index is 0.384. The van der Waals surface area contributed by atoms with Crippen LogP contribution in [0.4, 0.5) is 11.8 Å². The number of hydrogen-bond acceptors (Lipinski definition) is 5. The fourth-order valence-corrected chi connectivity index (χ4v) is 1.06. The molecule has 0 atom stereocenters. The number of hydrogen-bond donors (Lipinski definition) is 3. The van der Waals surface area contributed by atoms with Crippen LogP contribution in [0.5, 0.6) is 0 Å². The van der Waals surface area contributed by atoms with E-state index in [0.717, 1.165) is 5.56 Å². The van der Waals surface area contributed by atoms with Crippen molar-refractivity contribution in [2.75, 3.05) is 11.1 Å². The third-order valence-corrected chi connectivity index (χ3v) is 2.03. The van der Waals surface area contributed by atoms with Crippen LogP contribution < -0.4 is 16.8 Å². The topological polar surface area (TPSA) is 89.8 Å². The van der Waals surface area contributed by atoms with Gasteiger partial charge in [-0.3, -0.25) is 0 Å². The Morgan fingerprint density at radius 1 is 1.54 bits per heavy atom. The van der Waals surface area contributed by atoms with E-state index < -0.39 is 0 Å². The molecule has 5 nitrogen and oxygen atoms in total. The number of nitrogen functional groups attached to an aromatic ring is 1. The van der Waals surface area contributed by atoms with E-state index in [9.17, 15) is 0 Å². The van der Waals surface area contributed by atoms with Crippen molar-refractivity contribution in [3.05, 3.63) is 11.8 Å². The molecule has 5 heteroatoms. The van der Waals surface area contributed by atoms with Crippen molar-refractivity contribution in [3.8, 4) is 0 Å². The van der Waals surface area contributed by atoms with E-state index in [0.29, 0.717) is 24.4 Å². The monoisotopic (exact) mass is 179 g/mol. The van der Waals surface area contributed by atoms with Gasteiger partial charge < -0.3 is 16.8 Å². The summed E-state index contributed by atoms with van der Waals surface area (Å²) in [5, 5.41) is 3.16. The second-order valence-corrected chi connectivity index (χ2v) is 3.23. The summed E-state index contributed by atoms with van der Waals surface area (Å²) in [5.41, 5.74) is 11.9. The molecule has 0 radical (unpaired) electrons. The summed E-state index contributed by atoms with van der Waals surface area (Å²) in [6, 6.07) is 0.545. The van der Waals surface area contributed by atoms with Crippen LogP contribution in [0.25, 0.3) is 0 Å². The van der Waals surface area contributed by atoms with Crippen LogP contribution in [0.1, 0.15) is 18.4 Å². The van der Waals surface area contributed by atoms with Gasteiger partial charge in [0, 0.05) is 24.3 Å². The lowest BCUT2D eigenvalue weighted by Gasteiger charge is -2.05. The average molecular weight is 179 g/mol. The Morgan fingerprint density at radius 3 is 2.85 bits per heavy atom. The lowest BCUT2D eigenvalue weighted by atomic mass is 10.3. The molecule has 0 amide bonds. The minimum Gasteiger partial charge on any atom is -0.383 e. The number of rotatable bonds is 3. The third-order valence-electron chi connectivity index (χ3n) is 2.03. The Bertz CT molecular complexity index is 307. The van der Waals surface area contributed by atoms with Crippen molar-refractivity contribution in [2.24, 2.45) is 5.73 Å². The van der Waals surface area contributed by atoms with Gasteiger partial charge in [-0.25, -0.2) is 4.98 Å². The van der Waals surface area contributed by atoms with E-state index in [1.165, 1.54) is 12.8 Å². The van der Waals surface area contributed by atoms with E-state index in [1.54, 1.807) is 6.20 Å². The van der Waals surface area contributed by atoms with Gasteiger partial charge in [0.1, 0.15) is 5.82 Å². The highest BCUT2D eigenvalue weighted by atomic mass is 15.1. The van der Waals surface area contributed by atoms with Gasteiger partial charge >= 0.3 is 0 Å². The van der Waals surface area contributed by atoms with E-state index >= 15 is 0 Å². The summed E-state index contributed by atoms with van der Waals surface area (Å²) in [4.78, 5) is 8.21. The molecular weight excluding hydrogens is 166 g/mol. The summed E-state index contributed by atoms with van der Waals surface area (Å²) in [7, 11) is 0. The van der Waals surface area contributed by atoms with Gasteiger partial charge in [0.15, 0.2) is 0 Å². The lowest BCUT2D eigenvalue weighted by molar-refractivity contribution is 0.995. The molecule has 0 spiro atoms. The molecule has 1 aliphatic carbocycles. The summed E-state index contributed by atoms with van der Waals surface area (Å²) >= 11 is 0. The highest BCUT2D eigenvalue weighted by Crippen LogP contribution is 2.23. The van der Waals surface area contributed by atoms with Crippen LogP contribution in [0.3, 0.4) is 0 Å². The lowest BCUT2D eigenvalue weighted by Crippen LogP contribution is -2.10. The second kappa shape index (κ2) is 3.18. The molecule has 1 aliphatic rings. The van der Waals surface area contributed by atoms with Gasteiger partial charge in [-0.1, -0.05) is 0 Å². The first-order valence-corrected chi connectivity index (χ1v) is 4.37. The Morgan fingerprint density at radius 2 is 2.31 bits per heavy atom. The van der Waals surface area contributed by atoms with Gasteiger partial charge in [0.2, 0.25) is 5.95 Å². The molecule has 5 N–H and O–H groups in total. The largest absolute Gasteiger partial charge is 0.383 e. The van der Waals surface area contributed by atoms with Gasteiger partial charge in [0.05, 0.1) is 0 Å². The number of nitrogens with one attached hydrogen (secondary N) is 1. The molecule has 1 fully saturated rings. The highest BCUT2D eigenvalue weighted by molar-refractivity contribution is 5.43. The van der Waals surface area contributed by atoms with Crippen LogP contribution in [-0.4, -0.2) is 16.0 Å². The van der Waals surface area contributed by atoms with Crippen LogP contribution >= 0.6 is 0 Å². The fourth-order valence-electron chi connectivity index (χ4n) is 1.06. The zero-order valence-electron chi connectivity index (χ0n) is 7.33. The van der Waals surface area contributed by atoms with Crippen molar-refractivity contribution >= 4 is 11.8 Å². The summed E-state index contributed by atoms with van der Waals surface area (Å²) in [6.07, 6.45) is 4.07. The van der Waals surface area contributed by atoms with Crippen LogP contribution in [0.2, 0.25) is 0 Å². The maximum Gasteiger partial charge on any atom is 0.224 e. The van der Waals surface area contributed by atoms with Gasteiger partial charge in [-0.05, 0) is 12.8 Å². The quantitative estimate of drug-likeness (QED) is 0.612. The van der Waals surface area contributed by atoms with E-state index in [4.69, 9.17) is 11.5 Å². The first kappa shape index (κ1) is 8.25. The standard InChI is InChI=1S/C8H13N5/c9-3-5-4-11-8(13-7(5)10)12-6-1-2-6/h4,6H,1-3,9H2,(H3,10,11,12,13). The SMILES string of the molecule is NCc1cnc(NC2CC2)nc1N. The minimum absolute atomic E-state index is 0.384. The van der Waals surface area contributed by atoms with E-state index in [2.05, 4.69) is 15.3 Å². The molecule has 1 aromatic heterocycles. The first-order valence-electron chi connectivity index (χ1n) is 4.37. The molecule has 1 aromatic rings. The number of anilines is 2. The number of nitrogens with zero attached hydrogens (tertiary/aromatic N) is 2. The molecule has 0 aromatic carbocycles. The molecule has 1 saturated carbocycles. The predicted octanol–water partition coefficient (Wildman–Crippen LogP) is 0.0918. The van der Waals surface area contributed by atoms with Crippen molar-refractivity contribution < 1.29 is 0 Å². The number of aromatic nitrogens is 2. The van der Waals surface area contributed by atoms with Gasteiger partial charge in [-0.15, -0.1) is 0 Å². The Kier molecular flexibility index (Phi) is 2.02. The molecule has 13 heavy (non-hydrogen) atoms. The van der Waals surface area contributed by atoms with E-state index in [-0.39, 0.29) is 0 Å². The third kappa shape index (κ3) is 1.86. The normalized spacial score (nSPS) is 15.8. The van der Waals surface area contributed by atoms with Crippen LogP contribution in [-0.2, 0) is 6.54 Å². The molecule has 0 aliphatic heterocycles. The Balaban J connectivity index is 2.13. The zero-order chi connectivity index (χ0) is 9.26. The van der Waals surface area contributed by atoms with Gasteiger partial charge in [0.25, 0.3) is 0 Å². The molecule has 0 bridgehead atoms. The highest BCUT2D eigenvalue weighted by Gasteiger charge is 2.21. The zero-order valence-corrected chi connectivity index (χ0v) is 7.33. The Hall–Kier alpha value is -1.36. The Labute approximate surface area is 76.6 Å². The maximum absolute atomic E-state index is 5.66. The summed E-state index contributed by atoms with van der Waals surface area (Å²) in [6.45, 7) is 0.384. The predicted molar refractivity (Wildman–Crippen MR) is 51.0 cm³/mol. The smallest absolute Gasteiger partial charge is 0.224 e. The second-order valence-electron chi connectivity index (χ2n) is 3.23. The van der Waals surface area contributed by atoms with Crippen molar-refractivity contribution in [3.63, 3.8) is 0 Å². The molecule has 2 rings (SSSR count). The first-order chi connectivity index (χ1) is 6.29. The van der Waals surface area contributed by atoms with Crippen molar-refractivity contribution in [1.29, 1.82) is 0 Å².